The molecule has 2 unspecified atom stereocenters. The van der Waals surface area contributed by atoms with Crippen molar-refractivity contribution < 1.29 is 24.5 Å². The summed E-state index contributed by atoms with van der Waals surface area (Å²) >= 11 is 0. The number of hydrogen-bond donors (Lipinski definition) is 3. The largest absolute Gasteiger partial charge is 0.466 e. The molecular formula is C80H153NO5. The van der Waals surface area contributed by atoms with Gasteiger partial charge in [-0.3, -0.25) is 9.59 Å². The molecule has 0 aromatic rings. The Kier molecular flexibility index (Phi) is 73.9. The van der Waals surface area contributed by atoms with Crippen molar-refractivity contribution in [2.45, 2.75) is 450 Å². The van der Waals surface area contributed by atoms with Crippen molar-refractivity contribution in [2.75, 3.05) is 13.2 Å². The Morgan fingerprint density at radius 2 is 0.581 bits per heavy atom. The Labute approximate surface area is 538 Å². The van der Waals surface area contributed by atoms with Crippen molar-refractivity contribution in [2.24, 2.45) is 0 Å². The summed E-state index contributed by atoms with van der Waals surface area (Å²) in [5.74, 6) is -0.0440. The van der Waals surface area contributed by atoms with Gasteiger partial charge in [-0.2, -0.15) is 0 Å². The fourth-order valence-corrected chi connectivity index (χ4v) is 12.4. The van der Waals surface area contributed by atoms with Crippen LogP contribution in [0.5, 0.6) is 0 Å². The Morgan fingerprint density at radius 1 is 0.326 bits per heavy atom. The number of aliphatic hydroxyl groups is 2. The summed E-state index contributed by atoms with van der Waals surface area (Å²) in [6.45, 7) is 4.94. The van der Waals surface area contributed by atoms with Crippen LogP contribution in [0.2, 0.25) is 0 Å². The molecule has 0 fully saturated rings. The predicted octanol–water partition coefficient (Wildman–Crippen LogP) is 25.8. The van der Waals surface area contributed by atoms with Gasteiger partial charge < -0.3 is 20.3 Å². The van der Waals surface area contributed by atoms with Gasteiger partial charge in [-0.25, -0.2) is 0 Å². The van der Waals surface area contributed by atoms with Crippen LogP contribution >= 0.6 is 0 Å². The number of unbranched alkanes of at least 4 members (excludes halogenated alkanes) is 59. The number of hydrogen-bond acceptors (Lipinski definition) is 5. The number of ether oxygens (including phenoxy) is 1. The smallest absolute Gasteiger partial charge is 0.305 e. The molecule has 0 saturated heterocycles. The Balaban J connectivity index is 3.40. The minimum Gasteiger partial charge on any atom is -0.466 e. The molecule has 0 aliphatic heterocycles. The van der Waals surface area contributed by atoms with Crippen LogP contribution in [0.25, 0.3) is 0 Å². The number of carbonyl (C=O) groups excluding carboxylic acids is 2. The lowest BCUT2D eigenvalue weighted by Crippen LogP contribution is -2.45. The second-order valence-electron chi connectivity index (χ2n) is 27.0. The zero-order chi connectivity index (χ0) is 62.0. The van der Waals surface area contributed by atoms with E-state index in [4.69, 9.17) is 4.74 Å². The van der Waals surface area contributed by atoms with E-state index >= 15 is 0 Å². The van der Waals surface area contributed by atoms with Crippen LogP contribution in [0.3, 0.4) is 0 Å². The molecule has 0 bridgehead atoms. The van der Waals surface area contributed by atoms with Gasteiger partial charge in [0.05, 0.1) is 25.4 Å². The molecule has 0 aromatic carbocycles. The van der Waals surface area contributed by atoms with E-state index in [-0.39, 0.29) is 18.5 Å². The van der Waals surface area contributed by atoms with E-state index in [1.165, 1.54) is 366 Å². The van der Waals surface area contributed by atoms with Gasteiger partial charge in [0.1, 0.15) is 0 Å². The molecule has 0 rings (SSSR count). The van der Waals surface area contributed by atoms with Crippen molar-refractivity contribution in [1.29, 1.82) is 0 Å². The average molecular weight is 1210 g/mol. The van der Waals surface area contributed by atoms with Crippen LogP contribution in [0.15, 0.2) is 36.5 Å². The lowest BCUT2D eigenvalue weighted by atomic mass is 10.0. The van der Waals surface area contributed by atoms with Crippen molar-refractivity contribution in [1.82, 2.24) is 5.32 Å². The highest BCUT2D eigenvalue weighted by Gasteiger charge is 2.18. The third-order valence-corrected chi connectivity index (χ3v) is 18.4. The summed E-state index contributed by atoms with van der Waals surface area (Å²) < 4.78 is 5.48. The van der Waals surface area contributed by atoms with Gasteiger partial charge in [0.15, 0.2) is 0 Å². The number of nitrogens with one attached hydrogen (secondary N) is 1. The minimum atomic E-state index is -0.844. The predicted molar refractivity (Wildman–Crippen MR) is 379 cm³/mol. The molecule has 6 nitrogen and oxygen atoms in total. The van der Waals surface area contributed by atoms with Crippen LogP contribution in [0, 0.1) is 0 Å². The SMILES string of the molecule is CCCCCCCCCCCCCCCCCCCCCCC/C=C/C(O)C(CO)NC(=O)CCCCCCCCCCCCCCCCCCC/C=C\C/C=C\CCCCCCCCCCCCCOC(=O)CCCCCCCCCCCCC. The summed E-state index contributed by atoms with van der Waals surface area (Å²) in [7, 11) is 0. The fraction of sp³-hybridized carbons (Fsp3) is 0.900. The zero-order valence-electron chi connectivity index (χ0n) is 58.3. The number of esters is 1. The van der Waals surface area contributed by atoms with Gasteiger partial charge >= 0.3 is 5.97 Å². The third-order valence-electron chi connectivity index (χ3n) is 18.4. The molecule has 0 spiro atoms. The third kappa shape index (κ3) is 71.2. The maximum absolute atomic E-state index is 12.5. The topological polar surface area (TPSA) is 95.9 Å². The first-order chi connectivity index (χ1) is 42.5. The first-order valence-corrected chi connectivity index (χ1v) is 39.3. The van der Waals surface area contributed by atoms with E-state index < -0.39 is 12.1 Å². The summed E-state index contributed by atoms with van der Waals surface area (Å²) in [6, 6.07) is -0.628. The van der Waals surface area contributed by atoms with Crippen LogP contribution in [0.1, 0.15) is 438 Å². The highest BCUT2D eigenvalue weighted by atomic mass is 16.5. The van der Waals surface area contributed by atoms with E-state index in [1.54, 1.807) is 6.08 Å². The second kappa shape index (κ2) is 75.5. The normalized spacial score (nSPS) is 12.7. The van der Waals surface area contributed by atoms with Crippen molar-refractivity contribution in [3.8, 4) is 0 Å². The summed E-state index contributed by atoms with van der Waals surface area (Å²) in [6.07, 6.45) is 98.4. The molecule has 6 heteroatoms. The van der Waals surface area contributed by atoms with Gasteiger partial charge in [-0.05, 0) is 64.2 Å². The van der Waals surface area contributed by atoms with Crippen molar-refractivity contribution in [3.05, 3.63) is 36.5 Å². The van der Waals surface area contributed by atoms with Crippen LogP contribution in [-0.4, -0.2) is 47.4 Å². The Bertz CT molecular complexity index is 1390. The second-order valence-corrected chi connectivity index (χ2v) is 27.0. The zero-order valence-corrected chi connectivity index (χ0v) is 58.3. The van der Waals surface area contributed by atoms with E-state index in [1.807, 2.05) is 6.08 Å². The molecule has 0 saturated carbocycles. The molecule has 0 radical (unpaired) electrons. The van der Waals surface area contributed by atoms with Gasteiger partial charge in [-0.1, -0.05) is 397 Å². The average Bonchev–Trinajstić information content (AvgIpc) is 3.58. The molecule has 0 aromatic heterocycles. The van der Waals surface area contributed by atoms with Crippen molar-refractivity contribution >= 4 is 11.9 Å². The lowest BCUT2D eigenvalue weighted by Gasteiger charge is -2.20. The van der Waals surface area contributed by atoms with Gasteiger partial charge in [0, 0.05) is 12.8 Å². The Morgan fingerprint density at radius 3 is 0.884 bits per heavy atom. The molecular weight excluding hydrogens is 1050 g/mol. The van der Waals surface area contributed by atoms with Gasteiger partial charge in [-0.15, -0.1) is 0 Å². The van der Waals surface area contributed by atoms with Gasteiger partial charge in [0.25, 0.3) is 0 Å². The monoisotopic (exact) mass is 1210 g/mol. The number of carbonyl (C=O) groups is 2. The maximum atomic E-state index is 12.5. The Hall–Kier alpha value is -1.92. The number of amides is 1. The lowest BCUT2D eigenvalue weighted by molar-refractivity contribution is -0.143. The number of allylic oxidation sites excluding steroid dienone is 5. The molecule has 2 atom stereocenters. The van der Waals surface area contributed by atoms with E-state index in [2.05, 4.69) is 43.5 Å². The molecule has 0 aliphatic rings. The summed E-state index contributed by atoms with van der Waals surface area (Å²) in [5.41, 5.74) is 0. The van der Waals surface area contributed by atoms with Crippen LogP contribution in [-0.2, 0) is 14.3 Å². The fourth-order valence-electron chi connectivity index (χ4n) is 12.4. The highest BCUT2D eigenvalue weighted by molar-refractivity contribution is 5.76. The first-order valence-electron chi connectivity index (χ1n) is 39.3. The quantitative estimate of drug-likeness (QED) is 0.0320. The number of rotatable bonds is 74. The standard InChI is InChI=1S/C80H153NO5/c1-3-5-7-9-11-13-15-16-17-18-19-20-34-37-40-43-46-49-53-56-60-64-68-72-78(83)77(76-82)81-79(84)73-69-65-61-57-54-50-47-44-41-38-35-32-30-28-26-24-22-21-23-25-27-29-31-33-36-39-42-45-48-51-55-59-63-67-71-75-86-80(85)74-70-66-62-58-52-14-12-10-8-6-4-2/h23,25,29,31,68,72,77-78,82-83H,3-22,24,26-28,30,32-67,69-71,73-76H2,1-2H3,(H,81,84)/b25-23-,31-29-,72-68+. The van der Waals surface area contributed by atoms with E-state index in [0.29, 0.717) is 19.4 Å². The first kappa shape index (κ1) is 84.1. The summed E-state index contributed by atoms with van der Waals surface area (Å²) in [4.78, 5) is 24.6. The molecule has 3 N–H and O–H groups in total. The molecule has 0 aliphatic carbocycles. The van der Waals surface area contributed by atoms with Gasteiger partial charge in [0.2, 0.25) is 5.91 Å². The highest BCUT2D eigenvalue weighted by Crippen LogP contribution is 2.19. The van der Waals surface area contributed by atoms with E-state index in [0.717, 1.165) is 44.9 Å². The van der Waals surface area contributed by atoms with Crippen LogP contribution in [0.4, 0.5) is 0 Å². The van der Waals surface area contributed by atoms with E-state index in [9.17, 15) is 19.8 Å². The molecule has 0 heterocycles. The summed E-state index contributed by atoms with van der Waals surface area (Å²) in [5, 5.41) is 23.3. The maximum Gasteiger partial charge on any atom is 0.305 e. The van der Waals surface area contributed by atoms with Crippen molar-refractivity contribution in [3.63, 3.8) is 0 Å². The molecule has 86 heavy (non-hydrogen) atoms. The minimum absolute atomic E-state index is 0.0168. The molecule has 1 amide bonds. The number of aliphatic hydroxyl groups excluding tert-OH is 2. The molecule has 508 valence electrons. The van der Waals surface area contributed by atoms with Crippen LogP contribution < -0.4 is 5.32 Å².